The number of ether oxygens (including phenoxy) is 1. The first-order chi connectivity index (χ1) is 9.04. The number of hydrogen-bond donors (Lipinski definition) is 1. The van der Waals surface area contributed by atoms with Gasteiger partial charge in [0.05, 0.1) is 22.1 Å². The second-order valence-electron chi connectivity index (χ2n) is 3.97. The van der Waals surface area contributed by atoms with Crippen LogP contribution in [-0.4, -0.2) is 15.7 Å². The van der Waals surface area contributed by atoms with Crippen molar-refractivity contribution >= 4 is 34.6 Å². The second-order valence-corrected chi connectivity index (χ2v) is 5.26. The molecule has 2 aromatic heterocycles. The van der Waals surface area contributed by atoms with E-state index >= 15 is 0 Å². The Morgan fingerprint density at radius 1 is 1.63 bits per heavy atom. The summed E-state index contributed by atoms with van der Waals surface area (Å²) in [4.78, 5) is 12.2. The number of hydrogen-bond acceptors (Lipinski definition) is 5. The second kappa shape index (κ2) is 5.63. The van der Waals surface area contributed by atoms with Crippen molar-refractivity contribution in [2.45, 2.75) is 20.0 Å². The van der Waals surface area contributed by atoms with Crippen LogP contribution in [0.25, 0.3) is 0 Å². The highest BCUT2D eigenvalue weighted by Gasteiger charge is 2.17. The molecule has 0 atom stereocenters. The molecular weight excluding hydrogens is 286 g/mol. The Morgan fingerprint density at radius 2 is 2.37 bits per heavy atom. The van der Waals surface area contributed by atoms with Crippen LogP contribution in [0.3, 0.4) is 0 Å². The van der Waals surface area contributed by atoms with Crippen molar-refractivity contribution in [3.63, 3.8) is 0 Å². The molecule has 2 heterocycles. The van der Waals surface area contributed by atoms with Gasteiger partial charge < -0.3 is 10.5 Å². The third kappa shape index (κ3) is 2.74. The van der Waals surface area contributed by atoms with Gasteiger partial charge in [0, 0.05) is 7.05 Å². The lowest BCUT2D eigenvalue weighted by molar-refractivity contribution is 0.0470. The van der Waals surface area contributed by atoms with E-state index in [2.05, 4.69) is 5.10 Å². The van der Waals surface area contributed by atoms with Crippen molar-refractivity contribution in [2.75, 3.05) is 5.73 Å². The molecule has 0 spiro atoms. The van der Waals surface area contributed by atoms with Crippen molar-refractivity contribution in [3.05, 3.63) is 32.7 Å². The minimum Gasteiger partial charge on any atom is -0.455 e. The van der Waals surface area contributed by atoms with Crippen molar-refractivity contribution < 1.29 is 9.53 Å². The molecule has 0 aliphatic heterocycles. The molecule has 7 heteroatoms. The van der Waals surface area contributed by atoms with E-state index in [1.807, 2.05) is 6.92 Å². The van der Waals surface area contributed by atoms with E-state index in [9.17, 15) is 4.79 Å². The number of halogens is 1. The minimum absolute atomic E-state index is 0.0819. The van der Waals surface area contributed by atoms with Gasteiger partial charge in [0.25, 0.3) is 0 Å². The van der Waals surface area contributed by atoms with Gasteiger partial charge in [-0.2, -0.15) is 5.10 Å². The molecule has 2 rings (SSSR count). The summed E-state index contributed by atoms with van der Waals surface area (Å²) in [5, 5.41) is 6.56. The summed E-state index contributed by atoms with van der Waals surface area (Å²) in [6.07, 6.45) is 0.735. The van der Waals surface area contributed by atoms with Crippen molar-refractivity contribution in [1.29, 1.82) is 0 Å². The molecule has 5 nitrogen and oxygen atoms in total. The van der Waals surface area contributed by atoms with Gasteiger partial charge in [0.2, 0.25) is 0 Å². The Kier molecular flexibility index (Phi) is 4.11. The topological polar surface area (TPSA) is 70.1 Å². The standard InChI is InChI=1S/C12H14ClN3O2S/c1-3-8-10(13)9(16(2)15-8)6-18-12(17)11-7(14)4-5-19-11/h4-5H,3,6,14H2,1-2H3. The SMILES string of the molecule is CCc1nn(C)c(COC(=O)c2sccc2N)c1Cl. The Morgan fingerprint density at radius 3 is 2.89 bits per heavy atom. The predicted octanol–water partition coefficient (Wildman–Crippen LogP) is 2.64. The van der Waals surface area contributed by atoms with Gasteiger partial charge in [0.15, 0.2) is 0 Å². The van der Waals surface area contributed by atoms with Gasteiger partial charge in [-0.05, 0) is 17.9 Å². The van der Waals surface area contributed by atoms with Gasteiger partial charge in [-0.15, -0.1) is 11.3 Å². The summed E-state index contributed by atoms with van der Waals surface area (Å²) in [5.41, 5.74) is 7.57. The van der Waals surface area contributed by atoms with Crippen LogP contribution in [0.5, 0.6) is 0 Å². The number of nitrogens with zero attached hydrogens (tertiary/aromatic N) is 2. The molecule has 0 saturated heterocycles. The van der Waals surface area contributed by atoms with Crippen LogP contribution < -0.4 is 5.73 Å². The Balaban J connectivity index is 2.09. The normalized spacial score (nSPS) is 10.7. The van der Waals surface area contributed by atoms with E-state index in [-0.39, 0.29) is 6.61 Å². The van der Waals surface area contributed by atoms with Crippen LogP contribution in [0.2, 0.25) is 5.02 Å². The van der Waals surface area contributed by atoms with E-state index in [1.54, 1.807) is 23.2 Å². The summed E-state index contributed by atoms with van der Waals surface area (Å²) in [5.74, 6) is -0.442. The molecule has 0 bridgehead atoms. The zero-order valence-electron chi connectivity index (χ0n) is 10.6. The van der Waals surface area contributed by atoms with Gasteiger partial charge in [0.1, 0.15) is 11.5 Å². The highest BCUT2D eigenvalue weighted by atomic mass is 35.5. The summed E-state index contributed by atoms with van der Waals surface area (Å²) in [6.45, 7) is 2.05. The minimum atomic E-state index is -0.442. The monoisotopic (exact) mass is 299 g/mol. The Labute approximate surface area is 119 Å². The number of thiophene rings is 1. The summed E-state index contributed by atoms with van der Waals surface area (Å²) >= 11 is 7.43. The first-order valence-corrected chi connectivity index (χ1v) is 7.00. The van der Waals surface area contributed by atoms with Crippen LogP contribution in [0.1, 0.15) is 28.0 Å². The maximum Gasteiger partial charge on any atom is 0.350 e. The van der Waals surface area contributed by atoms with Gasteiger partial charge in [-0.25, -0.2) is 4.79 Å². The third-order valence-corrected chi connectivity index (χ3v) is 4.07. The first kappa shape index (κ1) is 13.9. The molecule has 2 aromatic rings. The van der Waals surface area contributed by atoms with E-state index < -0.39 is 5.97 Å². The number of aromatic nitrogens is 2. The van der Waals surface area contributed by atoms with Crippen LogP contribution in [-0.2, 0) is 24.8 Å². The number of nitrogens with two attached hydrogens (primary N) is 1. The zero-order chi connectivity index (χ0) is 14.0. The summed E-state index contributed by atoms with van der Waals surface area (Å²) in [7, 11) is 1.77. The zero-order valence-corrected chi connectivity index (χ0v) is 12.2. The molecule has 0 amide bonds. The smallest absolute Gasteiger partial charge is 0.350 e. The summed E-state index contributed by atoms with van der Waals surface area (Å²) < 4.78 is 6.85. The maximum absolute atomic E-state index is 11.8. The number of esters is 1. The maximum atomic E-state index is 11.8. The van der Waals surface area contributed by atoms with Crippen LogP contribution in [0.4, 0.5) is 5.69 Å². The van der Waals surface area contributed by atoms with Crippen molar-refractivity contribution in [1.82, 2.24) is 9.78 Å². The molecule has 0 aliphatic rings. The summed E-state index contributed by atoms with van der Waals surface area (Å²) in [6, 6.07) is 1.67. The fourth-order valence-corrected chi connectivity index (χ4v) is 2.72. The van der Waals surface area contributed by atoms with Gasteiger partial charge in [-0.3, -0.25) is 4.68 Å². The number of carbonyl (C=O) groups is 1. The average molecular weight is 300 g/mol. The molecule has 0 fully saturated rings. The Hall–Kier alpha value is -1.53. The first-order valence-electron chi connectivity index (χ1n) is 5.75. The fourth-order valence-electron chi connectivity index (χ4n) is 1.66. The van der Waals surface area contributed by atoms with E-state index in [0.29, 0.717) is 21.3 Å². The van der Waals surface area contributed by atoms with Gasteiger partial charge in [-0.1, -0.05) is 18.5 Å². The lowest BCUT2D eigenvalue weighted by Gasteiger charge is -2.05. The van der Waals surface area contributed by atoms with Crippen molar-refractivity contribution in [2.24, 2.45) is 7.05 Å². The molecule has 0 saturated carbocycles. The molecule has 0 aromatic carbocycles. The number of aryl methyl sites for hydroxylation is 2. The van der Waals surface area contributed by atoms with E-state index in [4.69, 9.17) is 22.1 Å². The molecule has 102 valence electrons. The van der Waals surface area contributed by atoms with E-state index in [0.717, 1.165) is 12.1 Å². The molecule has 0 aliphatic carbocycles. The fraction of sp³-hybridized carbons (Fsp3) is 0.333. The van der Waals surface area contributed by atoms with Crippen LogP contribution >= 0.6 is 22.9 Å². The number of nitrogen functional groups attached to an aromatic ring is 1. The van der Waals surface area contributed by atoms with Gasteiger partial charge >= 0.3 is 5.97 Å². The highest BCUT2D eigenvalue weighted by Crippen LogP contribution is 2.24. The molecule has 19 heavy (non-hydrogen) atoms. The molecule has 0 radical (unpaired) electrons. The molecular formula is C12H14ClN3O2S. The third-order valence-electron chi connectivity index (χ3n) is 2.72. The largest absolute Gasteiger partial charge is 0.455 e. The average Bonchev–Trinajstić information content (AvgIpc) is 2.92. The number of anilines is 1. The Bertz CT molecular complexity index is 606. The lowest BCUT2D eigenvalue weighted by atomic mass is 10.3. The predicted molar refractivity (Wildman–Crippen MR) is 75.4 cm³/mol. The highest BCUT2D eigenvalue weighted by molar-refractivity contribution is 7.12. The van der Waals surface area contributed by atoms with Crippen LogP contribution in [0.15, 0.2) is 11.4 Å². The van der Waals surface area contributed by atoms with Crippen LogP contribution in [0, 0.1) is 0 Å². The lowest BCUT2D eigenvalue weighted by Crippen LogP contribution is -2.08. The van der Waals surface area contributed by atoms with E-state index in [1.165, 1.54) is 11.3 Å². The molecule has 2 N–H and O–H groups in total. The quantitative estimate of drug-likeness (QED) is 0.881. The molecule has 0 unspecified atom stereocenters. The van der Waals surface area contributed by atoms with Crippen molar-refractivity contribution in [3.8, 4) is 0 Å². The number of rotatable bonds is 4. The number of carbonyl (C=O) groups excluding carboxylic acids is 1.